The van der Waals surface area contributed by atoms with Crippen molar-refractivity contribution in [2.24, 2.45) is 11.8 Å². The molecule has 1 aliphatic rings. The van der Waals surface area contributed by atoms with E-state index < -0.39 is 15.9 Å². The van der Waals surface area contributed by atoms with Gasteiger partial charge in [-0.1, -0.05) is 40.2 Å². The minimum Gasteiger partial charge on any atom is -0.759 e. The second-order valence-electron chi connectivity index (χ2n) is 7.86. The van der Waals surface area contributed by atoms with Crippen LogP contribution in [0.3, 0.4) is 0 Å². The fourth-order valence-corrected chi connectivity index (χ4v) is 5.72. The summed E-state index contributed by atoms with van der Waals surface area (Å²) in [7, 11) is -3.68. The number of halogens is 1. The molecule has 162 valence electrons. The number of hydrogen-bond acceptors (Lipinski definition) is 4. The van der Waals surface area contributed by atoms with Crippen LogP contribution in [-0.4, -0.2) is 25.2 Å². The largest absolute Gasteiger partial charge is 1.00 e. The van der Waals surface area contributed by atoms with E-state index >= 15 is 0 Å². The molecule has 0 heterocycles. The van der Waals surface area contributed by atoms with Crippen LogP contribution >= 0.6 is 15.9 Å². The third-order valence-corrected chi connectivity index (χ3v) is 8.19. The minimum absolute atomic E-state index is 0. The summed E-state index contributed by atoms with van der Waals surface area (Å²) in [5.74, 6) is -0.589. The molecule has 0 radical (unpaired) electrons. The number of sulfonamides is 1. The van der Waals surface area contributed by atoms with Gasteiger partial charge in [-0.3, -0.25) is 4.79 Å². The van der Waals surface area contributed by atoms with Gasteiger partial charge in [-0.25, -0.2) is 8.42 Å². The Morgan fingerprint density at radius 1 is 1.10 bits per heavy atom. The number of aryl methyl sites for hydroxylation is 1. The van der Waals surface area contributed by atoms with Crippen LogP contribution in [0.15, 0.2) is 57.9 Å². The van der Waals surface area contributed by atoms with Crippen molar-refractivity contribution in [2.75, 3.05) is 6.54 Å². The summed E-state index contributed by atoms with van der Waals surface area (Å²) in [6, 6.07) is 14.5. The van der Waals surface area contributed by atoms with Crippen molar-refractivity contribution in [1.82, 2.24) is 9.79 Å². The predicted octanol–water partition coefficient (Wildman–Crippen LogP) is 1.37. The first-order valence-electron chi connectivity index (χ1n) is 10.0. The van der Waals surface area contributed by atoms with Crippen LogP contribution in [-0.2, 0) is 21.4 Å². The molecule has 3 rings (SSSR count). The maximum absolute atomic E-state index is 13.5. The zero-order chi connectivity index (χ0) is 21.7. The van der Waals surface area contributed by atoms with E-state index in [1.807, 2.05) is 31.2 Å². The van der Waals surface area contributed by atoms with E-state index in [2.05, 4.69) is 15.9 Å². The fourth-order valence-electron chi connectivity index (χ4n) is 3.96. The van der Waals surface area contributed by atoms with Gasteiger partial charge in [0.2, 0.25) is 15.9 Å². The predicted molar refractivity (Wildman–Crippen MR) is 120 cm³/mol. The molecular formula is C22H26BrN2NaO4S. The Balaban J connectivity index is 0.00000341. The summed E-state index contributed by atoms with van der Waals surface area (Å²) < 4.78 is 29.3. The average molecular weight is 517 g/mol. The molecule has 0 atom stereocenters. The number of hydroxylamine groups is 1. The van der Waals surface area contributed by atoms with Crippen LogP contribution in [0.1, 0.15) is 36.8 Å². The van der Waals surface area contributed by atoms with Crippen molar-refractivity contribution in [2.45, 2.75) is 44.0 Å². The van der Waals surface area contributed by atoms with E-state index in [-0.39, 0.29) is 46.3 Å². The zero-order valence-electron chi connectivity index (χ0n) is 17.9. The summed E-state index contributed by atoms with van der Waals surface area (Å²) in [5.41, 5.74) is 3.50. The van der Waals surface area contributed by atoms with E-state index in [1.54, 1.807) is 28.6 Å². The molecule has 31 heavy (non-hydrogen) atoms. The monoisotopic (exact) mass is 516 g/mol. The number of hydrogen-bond donors (Lipinski definition) is 1. The fraction of sp³-hybridized carbons (Fsp3) is 0.409. The Bertz CT molecular complexity index is 977. The molecule has 1 amide bonds. The number of rotatable bonds is 7. The quantitative estimate of drug-likeness (QED) is 0.444. The Labute approximate surface area is 214 Å². The molecule has 2 aromatic carbocycles. The zero-order valence-corrected chi connectivity index (χ0v) is 22.3. The number of nitrogens with zero attached hydrogens (tertiary/aromatic N) is 1. The molecule has 1 N–H and O–H groups in total. The molecule has 0 saturated heterocycles. The van der Waals surface area contributed by atoms with Crippen LogP contribution < -0.4 is 35.0 Å². The van der Waals surface area contributed by atoms with Gasteiger partial charge in [0.1, 0.15) is 0 Å². The summed E-state index contributed by atoms with van der Waals surface area (Å²) in [6.45, 7) is 2.66. The second kappa shape index (κ2) is 11.9. The van der Waals surface area contributed by atoms with Crippen molar-refractivity contribution in [3.05, 3.63) is 69.3 Å². The van der Waals surface area contributed by atoms with Crippen LogP contribution in [0.2, 0.25) is 0 Å². The van der Waals surface area contributed by atoms with Crippen molar-refractivity contribution < 1.29 is 42.8 Å². The van der Waals surface area contributed by atoms with Gasteiger partial charge in [0.05, 0.1) is 4.90 Å². The number of benzene rings is 2. The molecule has 2 aromatic rings. The van der Waals surface area contributed by atoms with Crippen LogP contribution in [0.25, 0.3) is 0 Å². The molecule has 1 saturated carbocycles. The molecule has 1 aliphatic carbocycles. The number of carbonyl (C=O) groups is 1. The smallest absolute Gasteiger partial charge is 0.759 e. The topological polar surface area (TPSA) is 89.5 Å². The minimum atomic E-state index is -3.68. The van der Waals surface area contributed by atoms with Crippen LogP contribution in [0.5, 0.6) is 0 Å². The third kappa shape index (κ3) is 6.87. The Morgan fingerprint density at radius 3 is 2.29 bits per heavy atom. The second-order valence-corrected chi connectivity index (χ2v) is 10.7. The van der Waals surface area contributed by atoms with Gasteiger partial charge in [-0.15, -0.1) is 0 Å². The first kappa shape index (κ1) is 26.5. The summed E-state index contributed by atoms with van der Waals surface area (Å²) in [5, 5.41) is 10.6. The molecule has 0 aromatic heterocycles. The van der Waals surface area contributed by atoms with E-state index in [9.17, 15) is 18.4 Å². The molecule has 9 heteroatoms. The van der Waals surface area contributed by atoms with Crippen molar-refractivity contribution in [3.63, 3.8) is 0 Å². The Hall–Kier alpha value is -0.740. The van der Waals surface area contributed by atoms with Gasteiger partial charge in [-0.05, 0) is 73.9 Å². The first-order chi connectivity index (χ1) is 14.3. The van der Waals surface area contributed by atoms with E-state index in [1.165, 1.54) is 5.48 Å². The van der Waals surface area contributed by atoms with Crippen molar-refractivity contribution in [3.8, 4) is 0 Å². The van der Waals surface area contributed by atoms with E-state index in [4.69, 9.17) is 0 Å². The maximum Gasteiger partial charge on any atom is 1.00 e. The molecule has 6 nitrogen and oxygen atoms in total. The molecular weight excluding hydrogens is 491 g/mol. The molecule has 0 bridgehead atoms. The van der Waals surface area contributed by atoms with E-state index in [0.29, 0.717) is 25.9 Å². The number of amides is 1. The Morgan fingerprint density at radius 2 is 1.71 bits per heavy atom. The molecule has 0 spiro atoms. The van der Waals surface area contributed by atoms with Crippen molar-refractivity contribution in [1.29, 1.82) is 0 Å². The van der Waals surface area contributed by atoms with Gasteiger partial charge in [0, 0.05) is 23.5 Å². The molecule has 0 aliphatic heterocycles. The normalized spacial score (nSPS) is 19.0. The summed E-state index contributed by atoms with van der Waals surface area (Å²) >= 11 is 3.35. The Kier molecular flexibility index (Phi) is 10.2. The third-order valence-electron chi connectivity index (χ3n) is 5.84. The standard InChI is InChI=1S/C22H26BrN2O4S.Na/c1-16-4-2-3-5-19(16)15-25(30(28,29)21-12-10-20(23)11-13-21)14-17-6-8-18(9-7-17)22(26)24-27;/h2-5,10-13,17-18H,6-9,14-15H2,1H3,(H-,24,26,27);/q-1;+1. The SMILES string of the molecule is Cc1ccccc1CN(CC1CCC(C(=O)N[O-])CC1)S(=O)(=O)c1ccc(Br)cc1.[Na+]. The molecule has 1 fully saturated rings. The van der Waals surface area contributed by atoms with Gasteiger partial charge >= 0.3 is 29.6 Å². The van der Waals surface area contributed by atoms with Gasteiger partial charge in [-0.2, -0.15) is 4.31 Å². The average Bonchev–Trinajstić information content (AvgIpc) is 2.75. The van der Waals surface area contributed by atoms with Crippen LogP contribution in [0.4, 0.5) is 0 Å². The number of nitrogens with one attached hydrogen (secondary N) is 1. The van der Waals surface area contributed by atoms with Gasteiger partial charge in [0.25, 0.3) is 0 Å². The van der Waals surface area contributed by atoms with Crippen molar-refractivity contribution >= 4 is 31.9 Å². The summed E-state index contributed by atoms with van der Waals surface area (Å²) in [6.07, 6.45) is 2.65. The first-order valence-corrected chi connectivity index (χ1v) is 12.3. The number of carbonyl (C=O) groups excluding carboxylic acids is 1. The summed E-state index contributed by atoms with van der Waals surface area (Å²) in [4.78, 5) is 11.9. The van der Waals surface area contributed by atoms with E-state index in [0.717, 1.165) is 28.4 Å². The van der Waals surface area contributed by atoms with Gasteiger partial charge in [0.15, 0.2) is 0 Å². The maximum atomic E-state index is 13.5. The van der Waals surface area contributed by atoms with Crippen LogP contribution in [0, 0.1) is 24.0 Å². The molecule has 0 unspecified atom stereocenters. The van der Waals surface area contributed by atoms with Gasteiger partial charge < -0.3 is 10.7 Å².